The fourth-order valence-electron chi connectivity index (χ4n) is 3.50. The monoisotopic (exact) mass is 360 g/mol. The minimum Gasteiger partial charge on any atom is -0.455 e. The Labute approximate surface area is 154 Å². The molecule has 1 saturated carbocycles. The van der Waals surface area contributed by atoms with E-state index in [1.165, 1.54) is 12.0 Å². The third kappa shape index (κ3) is 5.81. The number of carbonyl (C=O) groups is 2. The summed E-state index contributed by atoms with van der Waals surface area (Å²) in [5.41, 5.74) is 1.92. The Hall–Kier alpha value is -1.92. The average Bonchev–Trinajstić information content (AvgIpc) is 2.69. The van der Waals surface area contributed by atoms with E-state index in [4.69, 9.17) is 9.47 Å². The zero-order chi connectivity index (χ0) is 18.2. The lowest BCUT2D eigenvalue weighted by molar-refractivity contribution is -0.152. The highest BCUT2D eigenvalue weighted by atomic mass is 16.5. The molecule has 1 saturated heterocycles. The van der Waals surface area contributed by atoms with Crippen LogP contribution in [-0.2, 0) is 25.6 Å². The van der Waals surface area contributed by atoms with Crippen LogP contribution in [0.2, 0.25) is 0 Å². The molecule has 0 radical (unpaired) electrons. The van der Waals surface area contributed by atoms with Crippen molar-refractivity contribution < 1.29 is 19.1 Å². The van der Waals surface area contributed by atoms with Crippen LogP contribution < -0.4 is 5.32 Å². The normalized spacial score (nSPS) is 19.1. The molecule has 1 aliphatic carbocycles. The lowest BCUT2D eigenvalue weighted by Gasteiger charge is -2.26. The van der Waals surface area contributed by atoms with E-state index in [1.807, 2.05) is 24.3 Å². The number of anilines is 1. The molecule has 2 aliphatic rings. The van der Waals surface area contributed by atoms with Gasteiger partial charge in [0.15, 0.2) is 6.61 Å². The number of esters is 1. The number of hydrogen-bond donors (Lipinski definition) is 1. The van der Waals surface area contributed by atoms with Crippen LogP contribution >= 0.6 is 0 Å². The Balaban J connectivity index is 1.40. The second kappa shape index (κ2) is 9.69. The minimum absolute atomic E-state index is 0.0315. The van der Waals surface area contributed by atoms with Crippen LogP contribution in [0.5, 0.6) is 0 Å². The Kier molecular flexibility index (Phi) is 7.03. The van der Waals surface area contributed by atoms with Crippen LogP contribution in [0.1, 0.15) is 37.7 Å². The van der Waals surface area contributed by atoms with Crippen LogP contribution in [0, 0.1) is 5.92 Å². The molecule has 1 aromatic rings. The molecule has 1 aromatic carbocycles. The predicted molar refractivity (Wildman–Crippen MR) is 98.7 cm³/mol. The second-order valence-electron chi connectivity index (χ2n) is 7.08. The van der Waals surface area contributed by atoms with Crippen molar-refractivity contribution in [3.05, 3.63) is 29.8 Å². The summed E-state index contributed by atoms with van der Waals surface area (Å²) < 4.78 is 10.5. The minimum atomic E-state index is -0.296. The van der Waals surface area contributed by atoms with Crippen LogP contribution in [-0.4, -0.2) is 49.7 Å². The topological polar surface area (TPSA) is 67.9 Å². The fraction of sp³-hybridized carbons (Fsp3) is 0.600. The van der Waals surface area contributed by atoms with Gasteiger partial charge in [-0.3, -0.25) is 14.5 Å². The van der Waals surface area contributed by atoms with Crippen molar-refractivity contribution in [1.29, 1.82) is 0 Å². The van der Waals surface area contributed by atoms with E-state index in [2.05, 4.69) is 10.2 Å². The van der Waals surface area contributed by atoms with Gasteiger partial charge in [0.1, 0.15) is 0 Å². The molecule has 0 unspecified atom stereocenters. The zero-order valence-electron chi connectivity index (χ0n) is 15.2. The molecule has 2 fully saturated rings. The van der Waals surface area contributed by atoms with Crippen molar-refractivity contribution >= 4 is 17.6 Å². The highest BCUT2D eigenvalue weighted by molar-refractivity contribution is 5.92. The summed E-state index contributed by atoms with van der Waals surface area (Å²) in [6, 6.07) is 7.80. The number of morpholine rings is 1. The highest BCUT2D eigenvalue weighted by Gasteiger charge is 2.23. The molecule has 1 amide bonds. The Morgan fingerprint density at radius 3 is 2.46 bits per heavy atom. The number of ether oxygens (including phenoxy) is 2. The number of nitrogens with one attached hydrogen (secondary N) is 1. The molecule has 6 heteroatoms. The summed E-state index contributed by atoms with van der Waals surface area (Å²) in [7, 11) is 0. The van der Waals surface area contributed by atoms with Gasteiger partial charge in [-0.2, -0.15) is 0 Å². The predicted octanol–water partition coefficient (Wildman–Crippen LogP) is 2.58. The molecule has 6 nitrogen and oxygen atoms in total. The number of benzene rings is 1. The summed E-state index contributed by atoms with van der Waals surface area (Å²) in [6.07, 6.45) is 5.09. The largest absolute Gasteiger partial charge is 0.455 e. The van der Waals surface area contributed by atoms with Gasteiger partial charge in [-0.15, -0.1) is 0 Å². The first-order valence-corrected chi connectivity index (χ1v) is 9.56. The maximum Gasteiger partial charge on any atom is 0.309 e. The van der Waals surface area contributed by atoms with Crippen molar-refractivity contribution in [2.45, 2.75) is 38.6 Å². The summed E-state index contributed by atoms with van der Waals surface area (Å²) in [5.74, 6) is -0.563. The molecule has 0 aromatic heterocycles. The SMILES string of the molecule is O=C(COC(=O)C1CCCCC1)Nc1ccc(CN2CCOCC2)cc1. The number of rotatable bonds is 6. The van der Waals surface area contributed by atoms with E-state index in [9.17, 15) is 9.59 Å². The Morgan fingerprint density at radius 1 is 1.08 bits per heavy atom. The van der Waals surface area contributed by atoms with Crippen molar-refractivity contribution in [1.82, 2.24) is 4.90 Å². The van der Waals surface area contributed by atoms with Gasteiger partial charge in [0.2, 0.25) is 0 Å². The van der Waals surface area contributed by atoms with E-state index in [0.29, 0.717) is 0 Å². The smallest absolute Gasteiger partial charge is 0.309 e. The summed E-state index contributed by atoms with van der Waals surface area (Å²) >= 11 is 0. The lowest BCUT2D eigenvalue weighted by atomic mass is 9.89. The molecule has 142 valence electrons. The molecule has 1 heterocycles. The summed E-state index contributed by atoms with van der Waals surface area (Å²) in [4.78, 5) is 26.3. The lowest BCUT2D eigenvalue weighted by Crippen LogP contribution is -2.35. The van der Waals surface area contributed by atoms with Crippen molar-refractivity contribution in [2.24, 2.45) is 5.92 Å². The number of hydrogen-bond acceptors (Lipinski definition) is 5. The van der Waals surface area contributed by atoms with E-state index >= 15 is 0 Å². The van der Waals surface area contributed by atoms with Crippen molar-refractivity contribution in [3.63, 3.8) is 0 Å². The molecule has 0 atom stereocenters. The number of nitrogens with zero attached hydrogens (tertiary/aromatic N) is 1. The van der Waals surface area contributed by atoms with Gasteiger partial charge in [-0.25, -0.2) is 0 Å². The third-order valence-electron chi connectivity index (χ3n) is 5.03. The van der Waals surface area contributed by atoms with Gasteiger partial charge < -0.3 is 14.8 Å². The number of carbonyl (C=O) groups excluding carboxylic acids is 2. The second-order valence-corrected chi connectivity index (χ2v) is 7.08. The summed E-state index contributed by atoms with van der Waals surface area (Å²) in [6.45, 7) is 4.14. The van der Waals surface area contributed by atoms with Crippen LogP contribution in [0.3, 0.4) is 0 Å². The fourth-order valence-corrected chi connectivity index (χ4v) is 3.50. The van der Waals surface area contributed by atoms with E-state index < -0.39 is 0 Å². The highest BCUT2D eigenvalue weighted by Crippen LogP contribution is 2.24. The van der Waals surface area contributed by atoms with Crippen LogP contribution in [0.25, 0.3) is 0 Å². The molecule has 1 N–H and O–H groups in total. The van der Waals surface area contributed by atoms with E-state index in [0.717, 1.165) is 64.2 Å². The van der Waals surface area contributed by atoms with Crippen molar-refractivity contribution in [3.8, 4) is 0 Å². The molecule has 3 rings (SSSR count). The quantitative estimate of drug-likeness (QED) is 0.790. The maximum absolute atomic E-state index is 12.0. The molecule has 1 aliphatic heterocycles. The van der Waals surface area contributed by atoms with Gasteiger partial charge in [-0.1, -0.05) is 31.4 Å². The maximum atomic E-state index is 12.0. The first-order valence-electron chi connectivity index (χ1n) is 9.56. The molecular weight excluding hydrogens is 332 g/mol. The summed E-state index contributed by atoms with van der Waals surface area (Å²) in [5, 5.41) is 2.78. The molecule has 0 spiro atoms. The zero-order valence-corrected chi connectivity index (χ0v) is 15.2. The standard InChI is InChI=1S/C20H28N2O4/c23-19(15-26-20(24)17-4-2-1-3-5-17)21-18-8-6-16(7-9-18)14-22-10-12-25-13-11-22/h6-9,17H,1-5,10-15H2,(H,21,23). The number of amides is 1. The van der Waals surface area contributed by atoms with Crippen LogP contribution in [0.4, 0.5) is 5.69 Å². The molecule has 0 bridgehead atoms. The van der Waals surface area contributed by atoms with E-state index in [-0.39, 0.29) is 24.4 Å². The Bertz CT molecular complexity index is 590. The molecular formula is C20H28N2O4. The first kappa shape index (κ1) is 18.9. The van der Waals surface area contributed by atoms with Crippen LogP contribution in [0.15, 0.2) is 24.3 Å². The van der Waals surface area contributed by atoms with Gasteiger partial charge >= 0.3 is 5.97 Å². The molecule has 26 heavy (non-hydrogen) atoms. The van der Waals surface area contributed by atoms with Gasteiger partial charge in [0.05, 0.1) is 19.1 Å². The first-order chi connectivity index (χ1) is 12.7. The van der Waals surface area contributed by atoms with Gasteiger partial charge in [0.25, 0.3) is 5.91 Å². The average molecular weight is 360 g/mol. The van der Waals surface area contributed by atoms with Gasteiger partial charge in [-0.05, 0) is 30.5 Å². The Morgan fingerprint density at radius 2 is 1.77 bits per heavy atom. The third-order valence-corrected chi connectivity index (χ3v) is 5.03. The van der Waals surface area contributed by atoms with E-state index in [1.54, 1.807) is 0 Å². The van der Waals surface area contributed by atoms with Gasteiger partial charge in [0, 0.05) is 25.3 Å². The van der Waals surface area contributed by atoms with Crippen molar-refractivity contribution in [2.75, 3.05) is 38.2 Å².